The van der Waals surface area contributed by atoms with Gasteiger partial charge in [-0.25, -0.2) is 0 Å². The average molecular weight is 379 g/mol. The third-order valence-corrected chi connectivity index (χ3v) is 2.96. The highest BCUT2D eigenvalue weighted by molar-refractivity contribution is 9.10. The number of nitrogens with zero attached hydrogens (tertiary/aromatic N) is 3. The van der Waals surface area contributed by atoms with Gasteiger partial charge >= 0.3 is 12.0 Å². The first-order valence-electron chi connectivity index (χ1n) is 5.65. The molecule has 1 heterocycles. The molecule has 0 unspecified atom stereocenters. The van der Waals surface area contributed by atoms with Gasteiger partial charge < -0.3 is 9.47 Å². The van der Waals surface area contributed by atoms with Crippen LogP contribution < -0.4 is 9.47 Å². The largest absolute Gasteiger partial charge is 0.461 e. The Balaban J connectivity index is 2.26. The number of aromatic nitrogens is 3. The predicted octanol–water partition coefficient (Wildman–Crippen LogP) is 4.52. The zero-order chi connectivity index (χ0) is 14.7. The number of hydrogen-bond acceptors (Lipinski definition) is 5. The van der Waals surface area contributed by atoms with E-state index in [1.54, 1.807) is 18.2 Å². The second kappa shape index (κ2) is 6.56. The maximum atomic E-state index is 6.05. The van der Waals surface area contributed by atoms with Gasteiger partial charge in [0.05, 0.1) is 11.1 Å². The Bertz CT molecular complexity index is 626. The minimum atomic E-state index is -0.0856. The van der Waals surface area contributed by atoms with Crippen molar-refractivity contribution >= 4 is 39.1 Å². The van der Waals surface area contributed by atoms with Crippen molar-refractivity contribution in [2.45, 2.75) is 20.0 Å². The van der Waals surface area contributed by atoms with Gasteiger partial charge in [-0.15, -0.1) is 4.98 Å². The van der Waals surface area contributed by atoms with Crippen molar-refractivity contribution in [2.75, 3.05) is 0 Å². The molecule has 1 aromatic carbocycles. The Morgan fingerprint density at radius 2 is 1.80 bits per heavy atom. The summed E-state index contributed by atoms with van der Waals surface area (Å²) in [5.41, 5.74) is 0. The number of benzene rings is 1. The minimum Gasteiger partial charge on any atom is -0.461 e. The van der Waals surface area contributed by atoms with Crippen molar-refractivity contribution in [2.24, 2.45) is 0 Å². The molecule has 0 atom stereocenters. The summed E-state index contributed by atoms with van der Waals surface area (Å²) in [4.78, 5) is 11.7. The first-order chi connectivity index (χ1) is 9.44. The molecule has 106 valence electrons. The Labute approximate surface area is 134 Å². The van der Waals surface area contributed by atoms with Crippen LogP contribution in [0.5, 0.6) is 17.8 Å². The number of rotatable bonds is 4. The smallest absolute Gasteiger partial charge is 0.329 e. The molecule has 8 heteroatoms. The average Bonchev–Trinajstić information content (AvgIpc) is 2.31. The highest BCUT2D eigenvalue weighted by atomic mass is 79.9. The first kappa shape index (κ1) is 15.3. The summed E-state index contributed by atoms with van der Waals surface area (Å²) in [6.07, 6.45) is -0.0856. The summed E-state index contributed by atoms with van der Waals surface area (Å²) < 4.78 is 11.7. The summed E-state index contributed by atoms with van der Waals surface area (Å²) in [6.45, 7) is 3.70. The lowest BCUT2D eigenvalue weighted by molar-refractivity contribution is 0.218. The van der Waals surface area contributed by atoms with E-state index < -0.39 is 0 Å². The summed E-state index contributed by atoms with van der Waals surface area (Å²) >= 11 is 15.2. The maximum Gasteiger partial charge on any atom is 0.329 e. The van der Waals surface area contributed by atoms with E-state index in [-0.39, 0.29) is 23.4 Å². The molecule has 0 bridgehead atoms. The number of ether oxygens (including phenoxy) is 2. The zero-order valence-corrected chi connectivity index (χ0v) is 13.7. The molecule has 0 aliphatic carbocycles. The molecule has 0 saturated heterocycles. The van der Waals surface area contributed by atoms with Crippen molar-refractivity contribution in [1.29, 1.82) is 0 Å². The molecule has 1 aromatic heterocycles. The van der Waals surface area contributed by atoms with Crippen molar-refractivity contribution in [3.8, 4) is 17.8 Å². The van der Waals surface area contributed by atoms with Gasteiger partial charge in [0.15, 0.2) is 0 Å². The highest BCUT2D eigenvalue weighted by Gasteiger charge is 2.11. The topological polar surface area (TPSA) is 57.1 Å². The number of halogens is 3. The lowest BCUT2D eigenvalue weighted by atomic mass is 10.3. The minimum absolute atomic E-state index is 0.0149. The molecule has 2 aromatic rings. The maximum absolute atomic E-state index is 6.05. The Morgan fingerprint density at radius 1 is 1.10 bits per heavy atom. The summed E-state index contributed by atoms with van der Waals surface area (Å²) in [6, 6.07) is 5.29. The van der Waals surface area contributed by atoms with E-state index in [0.717, 1.165) is 4.47 Å². The fourth-order valence-corrected chi connectivity index (χ4v) is 2.14. The van der Waals surface area contributed by atoms with Crippen LogP contribution in [0.3, 0.4) is 0 Å². The molecule has 0 amide bonds. The van der Waals surface area contributed by atoms with Crippen LogP contribution in [0.15, 0.2) is 22.7 Å². The van der Waals surface area contributed by atoms with Gasteiger partial charge in [-0.3, -0.25) is 0 Å². The zero-order valence-electron chi connectivity index (χ0n) is 10.6. The Morgan fingerprint density at radius 3 is 2.45 bits per heavy atom. The summed E-state index contributed by atoms with van der Waals surface area (Å²) in [5.74, 6) is 0.410. The third kappa shape index (κ3) is 4.19. The van der Waals surface area contributed by atoms with Gasteiger partial charge in [0.25, 0.3) is 0 Å². The molecule has 5 nitrogen and oxygen atoms in total. The van der Waals surface area contributed by atoms with E-state index in [9.17, 15) is 0 Å². The van der Waals surface area contributed by atoms with Crippen molar-refractivity contribution in [3.63, 3.8) is 0 Å². The fourth-order valence-electron chi connectivity index (χ4n) is 1.28. The van der Waals surface area contributed by atoms with Gasteiger partial charge in [-0.05, 0) is 43.6 Å². The van der Waals surface area contributed by atoms with Crippen molar-refractivity contribution < 1.29 is 9.47 Å². The molecule has 0 spiro atoms. The molecule has 0 aliphatic heterocycles. The van der Waals surface area contributed by atoms with E-state index in [1.807, 2.05) is 13.8 Å². The van der Waals surface area contributed by atoms with Crippen molar-refractivity contribution in [1.82, 2.24) is 15.0 Å². The molecule has 0 radical (unpaired) electrons. The standard InChI is InChI=1S/C12H10BrCl2N3O2/c1-6(2)19-11-16-10(15)17-12(18-11)20-9-4-3-7(13)5-8(9)14/h3-6H,1-2H3. The molecular weight excluding hydrogens is 369 g/mol. The quantitative estimate of drug-likeness (QED) is 0.782. The SMILES string of the molecule is CC(C)Oc1nc(Cl)nc(Oc2ccc(Br)cc2Cl)n1. The molecule has 0 saturated carbocycles. The first-order valence-corrected chi connectivity index (χ1v) is 7.20. The van der Waals surface area contributed by atoms with Crippen LogP contribution in [0.1, 0.15) is 13.8 Å². The van der Waals surface area contributed by atoms with E-state index in [0.29, 0.717) is 10.8 Å². The van der Waals surface area contributed by atoms with Gasteiger partial charge in [0.1, 0.15) is 5.75 Å². The van der Waals surface area contributed by atoms with E-state index in [2.05, 4.69) is 30.9 Å². The second-order valence-corrected chi connectivity index (χ2v) is 5.67. The van der Waals surface area contributed by atoms with Crippen molar-refractivity contribution in [3.05, 3.63) is 33.0 Å². The normalized spacial score (nSPS) is 10.7. The lowest BCUT2D eigenvalue weighted by Crippen LogP contribution is -2.09. The van der Waals surface area contributed by atoms with Gasteiger partial charge in [0, 0.05) is 4.47 Å². The molecule has 0 fully saturated rings. The third-order valence-electron chi connectivity index (χ3n) is 2.00. The predicted molar refractivity (Wildman–Crippen MR) is 79.8 cm³/mol. The van der Waals surface area contributed by atoms with Crippen LogP contribution in [-0.2, 0) is 0 Å². The fraction of sp³-hybridized carbons (Fsp3) is 0.250. The second-order valence-electron chi connectivity index (χ2n) is 4.01. The van der Waals surface area contributed by atoms with Gasteiger partial charge in [-0.2, -0.15) is 9.97 Å². The van der Waals surface area contributed by atoms with E-state index in [4.69, 9.17) is 32.7 Å². The molecular formula is C12H10BrCl2N3O2. The van der Waals surface area contributed by atoms with Crippen LogP contribution >= 0.6 is 39.1 Å². The number of hydrogen-bond donors (Lipinski definition) is 0. The van der Waals surface area contributed by atoms with E-state index >= 15 is 0 Å². The lowest BCUT2D eigenvalue weighted by Gasteiger charge is -2.09. The van der Waals surface area contributed by atoms with Gasteiger partial charge in [0.2, 0.25) is 5.28 Å². The molecule has 20 heavy (non-hydrogen) atoms. The van der Waals surface area contributed by atoms with E-state index in [1.165, 1.54) is 0 Å². The monoisotopic (exact) mass is 377 g/mol. The summed E-state index contributed by atoms with van der Waals surface area (Å²) in [7, 11) is 0. The van der Waals surface area contributed by atoms with Crippen LogP contribution in [0.2, 0.25) is 10.3 Å². The molecule has 0 N–H and O–H groups in total. The van der Waals surface area contributed by atoms with Crippen LogP contribution in [0, 0.1) is 0 Å². The van der Waals surface area contributed by atoms with Crippen LogP contribution in [0.25, 0.3) is 0 Å². The van der Waals surface area contributed by atoms with Crippen LogP contribution in [0.4, 0.5) is 0 Å². The Hall–Kier alpha value is -1.11. The molecule has 2 rings (SSSR count). The van der Waals surface area contributed by atoms with Gasteiger partial charge in [-0.1, -0.05) is 27.5 Å². The highest BCUT2D eigenvalue weighted by Crippen LogP contribution is 2.31. The Kier molecular flexibility index (Phi) is 5.01. The summed E-state index contributed by atoms with van der Waals surface area (Å²) in [5, 5.41) is 0.404. The van der Waals surface area contributed by atoms with Crippen LogP contribution in [-0.4, -0.2) is 21.1 Å². The molecule has 0 aliphatic rings.